The highest BCUT2D eigenvalue weighted by Gasteiger charge is 2.44. The van der Waals surface area contributed by atoms with Crippen LogP contribution in [0.4, 0.5) is 0 Å². The maximum atomic E-state index is 10.4. The fourth-order valence-electron chi connectivity index (χ4n) is 4.16. The van der Waals surface area contributed by atoms with E-state index in [1.807, 2.05) is 0 Å². The van der Waals surface area contributed by atoms with Gasteiger partial charge in [0.1, 0.15) is 0 Å². The summed E-state index contributed by atoms with van der Waals surface area (Å²) in [5.74, 6) is 3.68. The van der Waals surface area contributed by atoms with E-state index in [0.717, 1.165) is 36.5 Å². The van der Waals surface area contributed by atoms with Crippen molar-refractivity contribution in [1.29, 1.82) is 0 Å². The molecule has 0 bridgehead atoms. The first-order chi connectivity index (χ1) is 10.7. The first-order valence-electron chi connectivity index (χ1n) is 9.92. The Morgan fingerprint density at radius 2 is 1.36 bits per heavy atom. The molecule has 2 saturated carbocycles. The second-order valence-electron chi connectivity index (χ2n) is 7.94. The number of hydrogen-bond donors (Lipinski definition) is 1. The lowest BCUT2D eigenvalue weighted by Gasteiger charge is -2.02. The Kier molecular flexibility index (Phi) is 7.75. The quantitative estimate of drug-likeness (QED) is 0.397. The van der Waals surface area contributed by atoms with Crippen LogP contribution < -0.4 is 0 Å². The molecule has 0 aromatic carbocycles. The molecule has 2 heteroatoms. The molecule has 2 rings (SSSR count). The van der Waals surface area contributed by atoms with Crippen molar-refractivity contribution in [2.75, 3.05) is 0 Å². The number of carboxylic acid groups (broad SMARTS) is 1. The zero-order valence-corrected chi connectivity index (χ0v) is 14.6. The lowest BCUT2D eigenvalue weighted by Crippen LogP contribution is -1.93. The molecule has 0 aromatic heterocycles. The Morgan fingerprint density at radius 3 is 1.95 bits per heavy atom. The SMILES string of the molecule is CCCCCC1C[C@@H]1CC1C[C@@H]1CCCCCCCC(=O)O. The highest BCUT2D eigenvalue weighted by molar-refractivity contribution is 5.66. The van der Waals surface area contributed by atoms with Crippen molar-refractivity contribution in [2.45, 2.75) is 96.8 Å². The van der Waals surface area contributed by atoms with E-state index < -0.39 is 5.97 Å². The molecule has 22 heavy (non-hydrogen) atoms. The number of unbranched alkanes of at least 4 members (excludes halogenated alkanes) is 6. The monoisotopic (exact) mass is 308 g/mol. The zero-order chi connectivity index (χ0) is 15.8. The normalized spacial score (nSPS) is 29.5. The van der Waals surface area contributed by atoms with Crippen LogP contribution in [-0.4, -0.2) is 11.1 Å². The van der Waals surface area contributed by atoms with E-state index in [1.54, 1.807) is 6.42 Å². The van der Waals surface area contributed by atoms with E-state index in [9.17, 15) is 4.79 Å². The van der Waals surface area contributed by atoms with Gasteiger partial charge < -0.3 is 5.11 Å². The van der Waals surface area contributed by atoms with Gasteiger partial charge in [-0.05, 0) is 49.4 Å². The molecule has 128 valence electrons. The summed E-state index contributed by atoms with van der Waals surface area (Å²) in [6.07, 6.45) is 18.0. The fraction of sp³-hybridized carbons (Fsp3) is 0.950. The van der Waals surface area contributed by atoms with Crippen LogP contribution in [0.15, 0.2) is 0 Å². The van der Waals surface area contributed by atoms with E-state index in [4.69, 9.17) is 5.11 Å². The number of carbonyl (C=O) groups is 1. The Hall–Kier alpha value is -0.530. The van der Waals surface area contributed by atoms with Gasteiger partial charge in [0.05, 0.1) is 0 Å². The minimum absolute atomic E-state index is 0.353. The third kappa shape index (κ3) is 7.15. The molecule has 0 amide bonds. The molecule has 1 N–H and O–H groups in total. The summed E-state index contributed by atoms with van der Waals surface area (Å²) in [7, 11) is 0. The van der Waals surface area contributed by atoms with E-state index in [-0.39, 0.29) is 0 Å². The zero-order valence-electron chi connectivity index (χ0n) is 14.6. The number of rotatable bonds is 14. The van der Waals surface area contributed by atoms with Crippen LogP contribution in [0.2, 0.25) is 0 Å². The van der Waals surface area contributed by atoms with Crippen molar-refractivity contribution in [3.8, 4) is 0 Å². The van der Waals surface area contributed by atoms with Gasteiger partial charge in [0, 0.05) is 6.42 Å². The molecule has 2 unspecified atom stereocenters. The Labute approximate surface area is 137 Å². The molecule has 0 aromatic rings. The summed E-state index contributed by atoms with van der Waals surface area (Å²) in [5.41, 5.74) is 0. The van der Waals surface area contributed by atoms with E-state index in [2.05, 4.69) is 6.92 Å². The molecule has 2 nitrogen and oxygen atoms in total. The summed E-state index contributed by atoms with van der Waals surface area (Å²) in [6, 6.07) is 0. The molecule has 0 spiro atoms. The summed E-state index contributed by atoms with van der Waals surface area (Å²) in [5, 5.41) is 8.58. The fourth-order valence-corrected chi connectivity index (χ4v) is 4.16. The van der Waals surface area contributed by atoms with Crippen molar-refractivity contribution < 1.29 is 9.90 Å². The van der Waals surface area contributed by atoms with Crippen molar-refractivity contribution >= 4 is 5.97 Å². The molecule has 0 saturated heterocycles. The van der Waals surface area contributed by atoms with Crippen LogP contribution in [0.25, 0.3) is 0 Å². The van der Waals surface area contributed by atoms with Gasteiger partial charge >= 0.3 is 5.97 Å². The van der Waals surface area contributed by atoms with Crippen molar-refractivity contribution in [2.24, 2.45) is 23.7 Å². The predicted octanol–water partition coefficient (Wildman–Crippen LogP) is 6.04. The van der Waals surface area contributed by atoms with Gasteiger partial charge in [0.15, 0.2) is 0 Å². The lowest BCUT2D eigenvalue weighted by molar-refractivity contribution is -0.137. The average Bonchev–Trinajstić information content (AvgIpc) is 3.38. The molecule has 4 atom stereocenters. The van der Waals surface area contributed by atoms with Crippen molar-refractivity contribution in [1.82, 2.24) is 0 Å². The van der Waals surface area contributed by atoms with Crippen LogP contribution in [0, 0.1) is 23.7 Å². The topological polar surface area (TPSA) is 37.3 Å². The third-order valence-electron chi connectivity index (χ3n) is 5.89. The number of hydrogen-bond acceptors (Lipinski definition) is 1. The molecule has 0 heterocycles. The predicted molar refractivity (Wildman–Crippen MR) is 91.9 cm³/mol. The number of carboxylic acids is 1. The smallest absolute Gasteiger partial charge is 0.303 e. The number of aliphatic carboxylic acids is 1. The van der Waals surface area contributed by atoms with E-state index in [0.29, 0.717) is 6.42 Å². The highest BCUT2D eigenvalue weighted by atomic mass is 16.4. The first-order valence-corrected chi connectivity index (χ1v) is 9.92. The Balaban J connectivity index is 1.36. The molecule has 2 fully saturated rings. The Morgan fingerprint density at radius 1 is 0.818 bits per heavy atom. The van der Waals surface area contributed by atoms with Crippen molar-refractivity contribution in [3.05, 3.63) is 0 Å². The van der Waals surface area contributed by atoms with Crippen LogP contribution >= 0.6 is 0 Å². The van der Waals surface area contributed by atoms with Crippen molar-refractivity contribution in [3.63, 3.8) is 0 Å². The van der Waals surface area contributed by atoms with Gasteiger partial charge in [0.25, 0.3) is 0 Å². The maximum Gasteiger partial charge on any atom is 0.303 e. The lowest BCUT2D eigenvalue weighted by atomic mass is 10.0. The second-order valence-corrected chi connectivity index (χ2v) is 7.94. The molecular formula is C20H36O2. The summed E-state index contributed by atoms with van der Waals surface area (Å²) in [4.78, 5) is 10.4. The Bertz CT molecular complexity index is 326. The molecule has 2 aliphatic rings. The maximum absolute atomic E-state index is 10.4. The van der Waals surface area contributed by atoms with Crippen LogP contribution in [0.5, 0.6) is 0 Å². The standard InChI is InChI=1S/C20H36O2/c1-2-3-7-10-16-13-18(16)15-19-14-17(19)11-8-5-4-6-9-12-20(21)22/h16-19H,2-15H2,1H3,(H,21,22)/t16?,17-,18+,19?/m0/s1. The van der Waals surface area contributed by atoms with Crippen LogP contribution in [0.3, 0.4) is 0 Å². The molecule has 2 aliphatic carbocycles. The van der Waals surface area contributed by atoms with Gasteiger partial charge in [0.2, 0.25) is 0 Å². The van der Waals surface area contributed by atoms with Crippen LogP contribution in [0.1, 0.15) is 96.8 Å². The minimum Gasteiger partial charge on any atom is -0.481 e. The molecule has 0 aliphatic heterocycles. The van der Waals surface area contributed by atoms with Gasteiger partial charge in [-0.2, -0.15) is 0 Å². The third-order valence-corrected chi connectivity index (χ3v) is 5.89. The summed E-state index contributed by atoms with van der Waals surface area (Å²) >= 11 is 0. The molecular weight excluding hydrogens is 272 g/mol. The van der Waals surface area contributed by atoms with Gasteiger partial charge in [-0.1, -0.05) is 64.7 Å². The highest BCUT2D eigenvalue weighted by Crippen LogP contribution is 2.54. The summed E-state index contributed by atoms with van der Waals surface area (Å²) < 4.78 is 0. The van der Waals surface area contributed by atoms with Crippen LogP contribution in [-0.2, 0) is 4.79 Å². The first kappa shape index (κ1) is 17.8. The largest absolute Gasteiger partial charge is 0.481 e. The summed E-state index contributed by atoms with van der Waals surface area (Å²) in [6.45, 7) is 2.30. The van der Waals surface area contributed by atoms with Gasteiger partial charge in [-0.25, -0.2) is 0 Å². The minimum atomic E-state index is -0.645. The average molecular weight is 309 g/mol. The van der Waals surface area contributed by atoms with E-state index >= 15 is 0 Å². The molecule has 0 radical (unpaired) electrons. The second kappa shape index (κ2) is 9.57. The van der Waals surface area contributed by atoms with Gasteiger partial charge in [-0.3, -0.25) is 4.79 Å². The van der Waals surface area contributed by atoms with E-state index in [1.165, 1.54) is 64.2 Å². The van der Waals surface area contributed by atoms with Gasteiger partial charge in [-0.15, -0.1) is 0 Å².